The Balaban J connectivity index is 1.97. The van der Waals surface area contributed by atoms with Crippen LogP contribution in [0.3, 0.4) is 0 Å². The number of hydrogen-bond acceptors (Lipinski definition) is 5. The number of nitrogens with zero attached hydrogens (tertiary/aromatic N) is 3. The third kappa shape index (κ3) is 2.85. The van der Waals surface area contributed by atoms with Crippen LogP contribution in [0.2, 0.25) is 0 Å². The van der Waals surface area contributed by atoms with E-state index >= 15 is 0 Å². The van der Waals surface area contributed by atoms with Gasteiger partial charge in [-0.1, -0.05) is 40.2 Å². The molecule has 1 aliphatic rings. The number of aromatic hydroxyl groups is 2. The minimum absolute atomic E-state index is 0.267. The second-order valence-electron chi connectivity index (χ2n) is 7.79. The lowest BCUT2D eigenvalue weighted by atomic mass is 10.0. The summed E-state index contributed by atoms with van der Waals surface area (Å²) in [6.45, 7) is 0.780. The number of para-hydroxylation sites is 1. The second-order valence-corrected chi connectivity index (χ2v) is 8.71. The van der Waals surface area contributed by atoms with Gasteiger partial charge >= 0.3 is 5.69 Å². The molecule has 1 atom stereocenters. The molecule has 2 aromatic carbocycles. The minimum atomic E-state index is -0.781. The average Bonchev–Trinajstić information content (AvgIpc) is 3.14. The molecule has 0 spiro atoms. The maximum absolute atomic E-state index is 13.4. The quantitative estimate of drug-likeness (QED) is 0.414. The Morgan fingerprint density at radius 3 is 2.56 bits per heavy atom. The fraction of sp³-hybridized carbons (Fsp3) is 0.217. The van der Waals surface area contributed by atoms with Crippen molar-refractivity contribution in [2.75, 3.05) is 6.61 Å². The van der Waals surface area contributed by atoms with E-state index in [0.29, 0.717) is 41.0 Å². The summed E-state index contributed by atoms with van der Waals surface area (Å²) in [5, 5.41) is 21.0. The molecule has 2 aromatic heterocycles. The van der Waals surface area contributed by atoms with E-state index < -0.39 is 17.4 Å². The van der Waals surface area contributed by atoms with Gasteiger partial charge in [-0.25, -0.2) is 4.79 Å². The first kappa shape index (κ1) is 20.6. The first-order chi connectivity index (χ1) is 15.3. The largest absolute Gasteiger partial charge is 0.504 e. The molecule has 4 aromatic rings. The predicted molar refractivity (Wildman–Crippen MR) is 123 cm³/mol. The lowest BCUT2D eigenvalue weighted by Gasteiger charge is -2.28. The summed E-state index contributed by atoms with van der Waals surface area (Å²) in [6, 6.07) is 12.3. The van der Waals surface area contributed by atoms with Crippen LogP contribution in [0.4, 0.5) is 0 Å². The summed E-state index contributed by atoms with van der Waals surface area (Å²) >= 11 is 3.50. The van der Waals surface area contributed by atoms with E-state index in [4.69, 9.17) is 4.74 Å². The van der Waals surface area contributed by atoms with Gasteiger partial charge in [0.2, 0.25) is 0 Å². The molecule has 0 bridgehead atoms. The van der Waals surface area contributed by atoms with Gasteiger partial charge in [-0.2, -0.15) is 0 Å². The molecule has 0 aliphatic carbocycles. The Bertz CT molecular complexity index is 1520. The molecule has 32 heavy (non-hydrogen) atoms. The van der Waals surface area contributed by atoms with E-state index in [-0.39, 0.29) is 11.5 Å². The van der Waals surface area contributed by atoms with Gasteiger partial charge in [0.15, 0.2) is 11.5 Å². The maximum atomic E-state index is 13.4. The Morgan fingerprint density at radius 2 is 1.81 bits per heavy atom. The predicted octanol–water partition coefficient (Wildman–Crippen LogP) is 3.00. The number of rotatable bonds is 2. The Kier molecular flexibility index (Phi) is 4.75. The van der Waals surface area contributed by atoms with Gasteiger partial charge in [-0.15, -0.1) is 0 Å². The van der Waals surface area contributed by atoms with E-state index in [0.717, 1.165) is 14.6 Å². The van der Waals surface area contributed by atoms with Crippen LogP contribution in [-0.2, 0) is 25.4 Å². The summed E-state index contributed by atoms with van der Waals surface area (Å²) < 4.78 is 11.4. The smallest absolute Gasteiger partial charge is 0.331 e. The van der Waals surface area contributed by atoms with Gasteiger partial charge in [-0.3, -0.25) is 13.9 Å². The van der Waals surface area contributed by atoms with Crippen LogP contribution in [0.15, 0.2) is 56.5 Å². The van der Waals surface area contributed by atoms with Crippen molar-refractivity contribution in [3.63, 3.8) is 0 Å². The number of benzene rings is 2. The van der Waals surface area contributed by atoms with E-state index in [1.807, 2.05) is 28.8 Å². The van der Waals surface area contributed by atoms with Gasteiger partial charge in [0.05, 0.1) is 28.9 Å². The number of phenolic OH excluding ortho intramolecular Hbond substituents is 2. The third-order valence-corrected chi connectivity index (χ3v) is 6.47. The van der Waals surface area contributed by atoms with Gasteiger partial charge in [-0.05, 0) is 18.2 Å². The molecule has 164 valence electrons. The van der Waals surface area contributed by atoms with Crippen molar-refractivity contribution in [2.24, 2.45) is 14.1 Å². The molecule has 1 aliphatic heterocycles. The molecule has 9 heteroatoms. The topological polar surface area (TPSA) is 98.6 Å². The van der Waals surface area contributed by atoms with Crippen LogP contribution in [0, 0.1) is 0 Å². The van der Waals surface area contributed by atoms with E-state index in [2.05, 4.69) is 15.9 Å². The molecule has 0 saturated carbocycles. The Hall–Kier alpha value is -3.30. The molecule has 0 saturated heterocycles. The standard InChI is InChI=1S/C23H20BrN3O5/c1-25-18-16(22(30)26(2)23(25)31)17(12-5-3-6-13(24)11-12)27-9-10-32-21(19(18)27)14-7-4-8-15(28)20(14)29/h3-8,11,21,28-29H,9-10H2,1-2H3. The van der Waals surface area contributed by atoms with Crippen LogP contribution in [-0.4, -0.2) is 30.5 Å². The highest BCUT2D eigenvalue weighted by Crippen LogP contribution is 2.44. The summed E-state index contributed by atoms with van der Waals surface area (Å²) in [7, 11) is 3.07. The van der Waals surface area contributed by atoms with Crippen LogP contribution in [0.1, 0.15) is 17.4 Å². The van der Waals surface area contributed by atoms with Gasteiger partial charge in [0.25, 0.3) is 5.56 Å². The zero-order valence-electron chi connectivity index (χ0n) is 17.4. The molecule has 1 unspecified atom stereocenters. The maximum Gasteiger partial charge on any atom is 0.331 e. The molecule has 8 nitrogen and oxygen atoms in total. The lowest BCUT2D eigenvalue weighted by Crippen LogP contribution is -2.37. The number of halogens is 1. The third-order valence-electron chi connectivity index (χ3n) is 5.98. The van der Waals surface area contributed by atoms with Crippen molar-refractivity contribution < 1.29 is 14.9 Å². The van der Waals surface area contributed by atoms with Crippen LogP contribution in [0.25, 0.3) is 22.2 Å². The molecular formula is C23H20BrN3O5. The highest BCUT2D eigenvalue weighted by molar-refractivity contribution is 9.10. The fourth-order valence-corrected chi connectivity index (χ4v) is 4.91. The highest BCUT2D eigenvalue weighted by Gasteiger charge is 2.34. The lowest BCUT2D eigenvalue weighted by molar-refractivity contribution is 0.0462. The number of aryl methyl sites for hydroxylation is 1. The summed E-state index contributed by atoms with van der Waals surface area (Å²) in [4.78, 5) is 26.2. The first-order valence-electron chi connectivity index (χ1n) is 10.0. The van der Waals surface area contributed by atoms with Gasteiger partial charge in [0, 0.05) is 36.2 Å². The molecule has 0 radical (unpaired) electrons. The van der Waals surface area contributed by atoms with E-state index in [9.17, 15) is 19.8 Å². The number of fused-ring (bicyclic) bond motifs is 3. The van der Waals surface area contributed by atoms with Crippen LogP contribution < -0.4 is 11.2 Å². The summed E-state index contributed by atoms with van der Waals surface area (Å²) in [6.07, 6.45) is -0.781. The van der Waals surface area contributed by atoms with Crippen molar-refractivity contribution in [3.05, 3.63) is 79.0 Å². The van der Waals surface area contributed by atoms with Crippen molar-refractivity contribution >= 4 is 26.8 Å². The molecular weight excluding hydrogens is 478 g/mol. The normalized spacial score (nSPS) is 15.8. The first-order valence-corrected chi connectivity index (χ1v) is 10.8. The second kappa shape index (κ2) is 7.39. The van der Waals surface area contributed by atoms with Crippen LogP contribution >= 0.6 is 15.9 Å². The Labute approximate surface area is 190 Å². The number of hydrogen-bond donors (Lipinski definition) is 2. The van der Waals surface area contributed by atoms with E-state index in [1.165, 1.54) is 17.7 Å². The molecule has 3 heterocycles. The number of ether oxygens (including phenoxy) is 1. The average molecular weight is 498 g/mol. The molecule has 0 fully saturated rings. The SMILES string of the molecule is Cn1c(=O)c2c(-c3cccc(Br)c3)n3c(c2n(C)c1=O)C(c1cccc(O)c1O)OCC3. The zero-order valence-corrected chi connectivity index (χ0v) is 19.0. The number of aromatic nitrogens is 3. The van der Waals surface area contributed by atoms with Crippen molar-refractivity contribution in [1.82, 2.24) is 13.7 Å². The minimum Gasteiger partial charge on any atom is -0.504 e. The molecule has 0 amide bonds. The van der Waals surface area contributed by atoms with Crippen LogP contribution in [0.5, 0.6) is 11.5 Å². The molecule has 5 rings (SSSR count). The van der Waals surface area contributed by atoms with Crippen molar-refractivity contribution in [1.29, 1.82) is 0 Å². The molecule has 2 N–H and O–H groups in total. The monoisotopic (exact) mass is 497 g/mol. The van der Waals surface area contributed by atoms with Gasteiger partial charge < -0.3 is 19.5 Å². The van der Waals surface area contributed by atoms with E-state index in [1.54, 1.807) is 19.2 Å². The van der Waals surface area contributed by atoms with Gasteiger partial charge in [0.1, 0.15) is 6.10 Å². The van der Waals surface area contributed by atoms with Crippen molar-refractivity contribution in [3.8, 4) is 22.8 Å². The zero-order chi connectivity index (χ0) is 22.7. The van der Waals surface area contributed by atoms with Crippen molar-refractivity contribution in [2.45, 2.75) is 12.6 Å². The Morgan fingerprint density at radius 1 is 1.06 bits per heavy atom. The highest BCUT2D eigenvalue weighted by atomic mass is 79.9. The fourth-order valence-electron chi connectivity index (χ4n) is 4.51. The number of phenols is 2. The summed E-state index contributed by atoms with van der Waals surface area (Å²) in [5.74, 6) is -0.561. The summed E-state index contributed by atoms with van der Waals surface area (Å²) in [5.41, 5.74) is 2.02.